The van der Waals surface area contributed by atoms with Crippen molar-refractivity contribution in [3.05, 3.63) is 33.9 Å². The minimum atomic E-state index is -1.39. The minimum Gasteiger partial charge on any atom is -0.487 e. The molecule has 2 atom stereocenters. The van der Waals surface area contributed by atoms with Crippen LogP contribution >= 0.6 is 0 Å². The molecular formula is C19H20FN5O6. The van der Waals surface area contributed by atoms with Crippen LogP contribution in [0.4, 0.5) is 10.1 Å². The number of anilines is 1. The number of aromatic carboxylic acids is 1. The van der Waals surface area contributed by atoms with Crippen molar-refractivity contribution < 1.29 is 29.1 Å². The topological polar surface area (TPSA) is 152 Å². The van der Waals surface area contributed by atoms with Crippen molar-refractivity contribution in [1.82, 2.24) is 4.57 Å². The molecule has 2 aromatic rings. The number of nitrogens with two attached hydrogens (primary N) is 1. The second kappa shape index (κ2) is 7.45. The SMILES string of the molecule is CO/N=C1/CN(c2c(F)cc3c(=O)c(C(=O)O)cn4c3c2OC[C@@H]4C)CC1/C(N)=N\O. The van der Waals surface area contributed by atoms with Crippen molar-refractivity contribution in [3.63, 3.8) is 0 Å². The third kappa shape index (κ3) is 3.10. The van der Waals surface area contributed by atoms with Gasteiger partial charge in [-0.1, -0.05) is 10.3 Å². The van der Waals surface area contributed by atoms with Gasteiger partial charge in [0, 0.05) is 12.7 Å². The molecule has 1 unspecified atom stereocenters. The standard InChI is InChI=1S/C19H20FN5O6/c1-8-7-31-17-14-9(16(26)11(19(27)28)5-25(8)14)3-12(20)15(17)24-4-10(18(21)22-29)13(6-24)23-30-2/h3,5,8,10,29H,4,6-7H2,1-2H3,(H2,21,22)(H,27,28)/b23-13-/t8-,10?/m0/s1. The van der Waals surface area contributed by atoms with Crippen LogP contribution in [0.15, 0.2) is 27.4 Å². The lowest BCUT2D eigenvalue weighted by molar-refractivity contribution is 0.0694. The van der Waals surface area contributed by atoms with E-state index in [2.05, 4.69) is 10.3 Å². The average Bonchev–Trinajstić information content (AvgIpc) is 3.14. The molecule has 0 amide bonds. The molecule has 0 bridgehead atoms. The first-order chi connectivity index (χ1) is 14.8. The van der Waals surface area contributed by atoms with Crippen molar-refractivity contribution in [2.75, 3.05) is 31.7 Å². The van der Waals surface area contributed by atoms with Crippen molar-refractivity contribution in [2.24, 2.45) is 22.0 Å². The lowest BCUT2D eigenvalue weighted by Crippen LogP contribution is -2.31. The predicted octanol–water partition coefficient (Wildman–Crippen LogP) is 0.977. The summed E-state index contributed by atoms with van der Waals surface area (Å²) in [6.07, 6.45) is 1.26. The largest absolute Gasteiger partial charge is 0.487 e. The molecule has 0 spiro atoms. The van der Waals surface area contributed by atoms with Crippen LogP contribution in [0.1, 0.15) is 23.3 Å². The van der Waals surface area contributed by atoms with Crippen LogP contribution in [-0.2, 0) is 4.84 Å². The lowest BCUT2D eigenvalue weighted by Gasteiger charge is -2.31. The zero-order chi connectivity index (χ0) is 22.4. The van der Waals surface area contributed by atoms with Crippen LogP contribution in [-0.4, -0.2) is 59.2 Å². The van der Waals surface area contributed by atoms with Crippen molar-refractivity contribution in [1.29, 1.82) is 0 Å². The Balaban J connectivity index is 1.95. The summed E-state index contributed by atoms with van der Waals surface area (Å²) in [5.41, 5.74) is 5.34. The molecule has 1 aromatic carbocycles. The number of pyridine rings is 1. The Labute approximate surface area is 174 Å². The maximum Gasteiger partial charge on any atom is 0.341 e. The molecule has 0 radical (unpaired) electrons. The molecule has 4 N–H and O–H groups in total. The number of ether oxygens (including phenoxy) is 1. The van der Waals surface area contributed by atoms with E-state index < -0.39 is 28.7 Å². The first-order valence-electron chi connectivity index (χ1n) is 9.38. The number of oxime groups is 2. The summed E-state index contributed by atoms with van der Waals surface area (Å²) in [6, 6.07) is 0.742. The highest BCUT2D eigenvalue weighted by molar-refractivity contribution is 6.10. The zero-order valence-electron chi connectivity index (χ0n) is 16.7. The number of hydrogen-bond donors (Lipinski definition) is 3. The summed E-state index contributed by atoms with van der Waals surface area (Å²) >= 11 is 0. The van der Waals surface area contributed by atoms with Gasteiger partial charge in [-0.25, -0.2) is 9.18 Å². The number of carboxylic acids is 1. The minimum absolute atomic E-state index is 0.0765. The average molecular weight is 433 g/mol. The molecule has 4 rings (SSSR count). The quantitative estimate of drug-likeness (QED) is 0.279. The smallest absolute Gasteiger partial charge is 0.341 e. The number of hydrogen-bond acceptors (Lipinski definition) is 8. The summed E-state index contributed by atoms with van der Waals surface area (Å²) in [6.45, 7) is 2.19. The normalized spacial score (nSPS) is 22.1. The maximum absolute atomic E-state index is 15.3. The Bertz CT molecular complexity index is 1210. The highest BCUT2D eigenvalue weighted by Gasteiger charge is 2.38. The number of carbonyl (C=O) groups is 1. The molecule has 12 heteroatoms. The second-order valence-electron chi connectivity index (χ2n) is 7.40. The monoisotopic (exact) mass is 433 g/mol. The van der Waals surface area contributed by atoms with Gasteiger partial charge in [0.1, 0.15) is 30.8 Å². The van der Waals surface area contributed by atoms with Gasteiger partial charge in [-0.3, -0.25) is 4.79 Å². The fourth-order valence-electron chi connectivity index (χ4n) is 4.07. The number of carboxylic acid groups (broad SMARTS) is 1. The molecule has 11 nitrogen and oxygen atoms in total. The van der Waals surface area contributed by atoms with Gasteiger partial charge in [0.05, 0.1) is 35.1 Å². The number of benzene rings is 1. The van der Waals surface area contributed by atoms with Crippen molar-refractivity contribution in [3.8, 4) is 5.75 Å². The summed E-state index contributed by atoms with van der Waals surface area (Å²) in [7, 11) is 1.35. The molecule has 31 heavy (non-hydrogen) atoms. The summed E-state index contributed by atoms with van der Waals surface area (Å²) < 4.78 is 22.8. The van der Waals surface area contributed by atoms with E-state index in [1.165, 1.54) is 13.3 Å². The van der Waals surface area contributed by atoms with Gasteiger partial charge in [0.15, 0.2) is 11.6 Å². The molecule has 1 saturated heterocycles. The fourth-order valence-corrected chi connectivity index (χ4v) is 4.07. The van der Waals surface area contributed by atoms with E-state index in [4.69, 9.17) is 20.5 Å². The van der Waals surface area contributed by atoms with E-state index in [9.17, 15) is 14.7 Å². The number of aromatic nitrogens is 1. The van der Waals surface area contributed by atoms with Gasteiger partial charge in [-0.15, -0.1) is 0 Å². The number of rotatable bonds is 4. The molecular weight excluding hydrogens is 413 g/mol. The zero-order valence-corrected chi connectivity index (χ0v) is 16.7. The number of amidine groups is 1. The first kappa shape index (κ1) is 20.4. The third-order valence-corrected chi connectivity index (χ3v) is 5.53. The van der Waals surface area contributed by atoms with E-state index in [-0.39, 0.29) is 48.4 Å². The fraction of sp³-hybridized carbons (Fsp3) is 0.368. The van der Waals surface area contributed by atoms with Crippen molar-refractivity contribution in [2.45, 2.75) is 13.0 Å². The Hall–Kier alpha value is -3.83. The molecule has 0 aliphatic carbocycles. The van der Waals surface area contributed by atoms with E-state index in [0.29, 0.717) is 11.2 Å². The summed E-state index contributed by atoms with van der Waals surface area (Å²) in [4.78, 5) is 30.6. The van der Waals surface area contributed by atoms with Crippen LogP contribution in [0.2, 0.25) is 0 Å². The molecule has 1 fully saturated rings. The molecule has 164 valence electrons. The Morgan fingerprint density at radius 1 is 1.45 bits per heavy atom. The van der Waals surface area contributed by atoms with Crippen LogP contribution < -0.4 is 20.8 Å². The maximum atomic E-state index is 15.3. The Morgan fingerprint density at radius 2 is 2.19 bits per heavy atom. The Kier molecular flexibility index (Phi) is 4.91. The van der Waals surface area contributed by atoms with Crippen LogP contribution in [0.25, 0.3) is 10.9 Å². The third-order valence-electron chi connectivity index (χ3n) is 5.53. The number of halogens is 1. The predicted molar refractivity (Wildman–Crippen MR) is 109 cm³/mol. The van der Waals surface area contributed by atoms with Gasteiger partial charge in [-0.2, -0.15) is 0 Å². The van der Waals surface area contributed by atoms with Crippen LogP contribution in [0.3, 0.4) is 0 Å². The molecule has 2 aliphatic heterocycles. The highest BCUT2D eigenvalue weighted by Crippen LogP contribution is 2.43. The van der Waals surface area contributed by atoms with Crippen LogP contribution in [0.5, 0.6) is 5.75 Å². The van der Waals surface area contributed by atoms with E-state index >= 15 is 4.39 Å². The van der Waals surface area contributed by atoms with Gasteiger partial charge < -0.3 is 35.1 Å². The van der Waals surface area contributed by atoms with Gasteiger partial charge >= 0.3 is 5.97 Å². The van der Waals surface area contributed by atoms with E-state index in [1.807, 2.05) is 0 Å². The number of nitrogens with zero attached hydrogens (tertiary/aromatic N) is 4. The molecule has 1 aromatic heterocycles. The van der Waals surface area contributed by atoms with E-state index in [1.54, 1.807) is 16.4 Å². The molecule has 0 saturated carbocycles. The highest BCUT2D eigenvalue weighted by atomic mass is 19.1. The van der Waals surface area contributed by atoms with Gasteiger partial charge in [-0.05, 0) is 13.0 Å². The van der Waals surface area contributed by atoms with Crippen molar-refractivity contribution >= 4 is 34.1 Å². The van der Waals surface area contributed by atoms with E-state index in [0.717, 1.165) is 6.07 Å². The Morgan fingerprint density at radius 3 is 2.84 bits per heavy atom. The van der Waals surface area contributed by atoms with Crippen LogP contribution in [0, 0.1) is 11.7 Å². The van der Waals surface area contributed by atoms with Gasteiger partial charge in [0.25, 0.3) is 0 Å². The first-order valence-corrected chi connectivity index (χ1v) is 9.38. The molecule has 2 aliphatic rings. The lowest BCUT2D eigenvalue weighted by atomic mass is 10.1. The molecule has 3 heterocycles. The second-order valence-corrected chi connectivity index (χ2v) is 7.40. The summed E-state index contributed by atoms with van der Waals surface area (Å²) in [5.74, 6) is -2.75. The van der Waals surface area contributed by atoms with Gasteiger partial charge in [0.2, 0.25) is 5.43 Å². The summed E-state index contributed by atoms with van der Waals surface area (Å²) in [5, 5.41) is 25.3.